The van der Waals surface area contributed by atoms with Crippen LogP contribution in [-0.2, 0) is 11.8 Å². The van der Waals surface area contributed by atoms with Gasteiger partial charge in [-0.25, -0.2) is 13.8 Å². The van der Waals surface area contributed by atoms with Crippen LogP contribution in [0.2, 0.25) is 0 Å². The van der Waals surface area contributed by atoms with Gasteiger partial charge in [-0.2, -0.15) is 5.10 Å². The zero-order valence-electron chi connectivity index (χ0n) is 19.0. The number of thiazole rings is 1. The summed E-state index contributed by atoms with van der Waals surface area (Å²) in [5, 5.41) is 18.5. The van der Waals surface area contributed by atoms with E-state index in [1.165, 1.54) is 11.6 Å². The number of anilines is 1. The largest absolute Gasteiger partial charge is 0.490 e. The molecule has 0 radical (unpaired) electrons. The first-order valence-electron chi connectivity index (χ1n) is 11.3. The summed E-state index contributed by atoms with van der Waals surface area (Å²) >= 11 is 0.932. The third-order valence-corrected chi connectivity index (χ3v) is 7.15. The second kappa shape index (κ2) is 9.61. The zero-order chi connectivity index (χ0) is 24.7. The summed E-state index contributed by atoms with van der Waals surface area (Å²) in [6.07, 6.45) is 2.75. The summed E-state index contributed by atoms with van der Waals surface area (Å²) in [6.45, 7) is 0.629. The van der Waals surface area contributed by atoms with Gasteiger partial charge in [0.1, 0.15) is 22.6 Å². The number of benzene rings is 1. The number of amides is 1. The van der Waals surface area contributed by atoms with Crippen LogP contribution in [0.1, 0.15) is 59.6 Å². The van der Waals surface area contributed by atoms with Crippen molar-refractivity contribution >= 4 is 22.9 Å². The zero-order valence-corrected chi connectivity index (χ0v) is 19.8. The first-order chi connectivity index (χ1) is 16.8. The summed E-state index contributed by atoms with van der Waals surface area (Å²) in [4.78, 5) is 17.1. The van der Waals surface area contributed by atoms with Crippen molar-refractivity contribution in [3.8, 4) is 16.3 Å². The van der Waals surface area contributed by atoms with Gasteiger partial charge in [-0.15, -0.1) is 11.3 Å². The van der Waals surface area contributed by atoms with E-state index in [9.17, 15) is 14.3 Å². The minimum atomic E-state index is -1.00. The maximum Gasteiger partial charge on any atom is 0.275 e. The lowest BCUT2D eigenvalue weighted by atomic mass is 10.00. The predicted molar refractivity (Wildman–Crippen MR) is 124 cm³/mol. The van der Waals surface area contributed by atoms with Crippen LogP contribution in [0.25, 0.3) is 10.6 Å². The molecule has 3 atom stereocenters. The van der Waals surface area contributed by atoms with Crippen LogP contribution in [0.15, 0.2) is 17.6 Å². The Morgan fingerprint density at radius 1 is 1.29 bits per heavy atom. The number of nitrogens with two attached hydrogens (primary N) is 1. The molecule has 1 amide bonds. The van der Waals surface area contributed by atoms with Crippen LogP contribution in [-0.4, -0.2) is 45.0 Å². The average molecular weight is 506 g/mol. The highest BCUT2D eigenvalue weighted by Gasteiger charge is 2.30. The monoisotopic (exact) mass is 505 g/mol. The number of carbonyl (C=O) groups is 1. The molecule has 3 aromatic rings. The van der Waals surface area contributed by atoms with Gasteiger partial charge < -0.3 is 25.6 Å². The third kappa shape index (κ3) is 4.54. The molecule has 0 aliphatic carbocycles. The molecular formula is C23H25F2N5O4S. The molecule has 2 aromatic heterocycles. The topological polar surface area (TPSA) is 125 Å². The minimum Gasteiger partial charge on any atom is -0.490 e. The molecule has 2 aliphatic rings. The highest BCUT2D eigenvalue weighted by molar-refractivity contribution is 7.13. The maximum atomic E-state index is 15.1. The fourth-order valence-corrected chi connectivity index (χ4v) is 5.25. The fourth-order valence-electron chi connectivity index (χ4n) is 4.41. The van der Waals surface area contributed by atoms with E-state index in [1.54, 1.807) is 11.7 Å². The van der Waals surface area contributed by atoms with E-state index < -0.39 is 29.2 Å². The van der Waals surface area contributed by atoms with E-state index in [2.05, 4.69) is 15.4 Å². The number of rotatable bonds is 4. The highest BCUT2D eigenvalue weighted by Crippen LogP contribution is 2.41. The lowest BCUT2D eigenvalue weighted by Gasteiger charge is -2.23. The van der Waals surface area contributed by atoms with E-state index >= 15 is 4.39 Å². The Bertz CT molecular complexity index is 1260. The lowest BCUT2D eigenvalue weighted by molar-refractivity contribution is 0.0529. The number of aliphatic hydroxyl groups is 1. The molecule has 12 heteroatoms. The van der Waals surface area contributed by atoms with Crippen molar-refractivity contribution in [2.75, 3.05) is 18.5 Å². The Kier molecular flexibility index (Phi) is 6.53. The molecule has 1 aromatic carbocycles. The smallest absolute Gasteiger partial charge is 0.275 e. The van der Waals surface area contributed by atoms with Gasteiger partial charge in [-0.1, -0.05) is 0 Å². The first kappa shape index (κ1) is 23.8. The maximum absolute atomic E-state index is 15.1. The number of nitrogens with zero attached hydrogens (tertiary/aromatic N) is 3. The second-order valence-corrected chi connectivity index (χ2v) is 9.52. The van der Waals surface area contributed by atoms with E-state index in [-0.39, 0.29) is 47.2 Å². The van der Waals surface area contributed by atoms with E-state index in [4.69, 9.17) is 15.2 Å². The summed E-state index contributed by atoms with van der Waals surface area (Å²) in [5.74, 6) is -2.56. The molecule has 35 heavy (non-hydrogen) atoms. The van der Waals surface area contributed by atoms with Gasteiger partial charge in [0, 0.05) is 37.1 Å². The summed E-state index contributed by atoms with van der Waals surface area (Å²) < 4.78 is 42.8. The van der Waals surface area contributed by atoms with Crippen molar-refractivity contribution in [3.05, 3.63) is 46.2 Å². The Morgan fingerprint density at radius 2 is 2.11 bits per heavy atom. The molecule has 2 aliphatic heterocycles. The number of halogens is 2. The molecule has 0 spiro atoms. The summed E-state index contributed by atoms with van der Waals surface area (Å²) in [7, 11) is 1.76. The highest BCUT2D eigenvalue weighted by atomic mass is 32.1. The van der Waals surface area contributed by atoms with Crippen LogP contribution in [0, 0.1) is 11.6 Å². The number of fused-ring (bicyclic) bond motifs is 1. The molecule has 4 N–H and O–H groups in total. The fraction of sp³-hybridized carbons (Fsp3) is 0.435. The van der Waals surface area contributed by atoms with Gasteiger partial charge >= 0.3 is 0 Å². The van der Waals surface area contributed by atoms with E-state index in [0.717, 1.165) is 30.2 Å². The molecule has 1 saturated heterocycles. The first-order valence-corrected chi connectivity index (χ1v) is 12.2. The second-order valence-electron chi connectivity index (χ2n) is 8.66. The Labute approximate surface area is 203 Å². The molecule has 4 heterocycles. The molecule has 5 rings (SSSR count). The van der Waals surface area contributed by atoms with E-state index in [0.29, 0.717) is 24.4 Å². The van der Waals surface area contributed by atoms with Gasteiger partial charge in [0.05, 0.1) is 35.9 Å². The number of aliphatic hydroxyl groups excluding tert-OH is 1. The number of aryl methyl sites for hydroxylation is 1. The molecular weight excluding hydrogens is 480 g/mol. The van der Waals surface area contributed by atoms with Crippen LogP contribution in [0.3, 0.4) is 0 Å². The number of carbonyl (C=O) groups excluding carboxylic acids is 1. The summed E-state index contributed by atoms with van der Waals surface area (Å²) in [6, 6.07) is 1.12. The van der Waals surface area contributed by atoms with Crippen molar-refractivity contribution in [1.82, 2.24) is 14.8 Å². The van der Waals surface area contributed by atoms with Crippen molar-refractivity contribution < 1.29 is 28.2 Å². The van der Waals surface area contributed by atoms with Crippen molar-refractivity contribution in [2.24, 2.45) is 12.8 Å². The van der Waals surface area contributed by atoms with E-state index in [1.807, 2.05) is 0 Å². The van der Waals surface area contributed by atoms with Crippen LogP contribution >= 0.6 is 11.3 Å². The predicted octanol–water partition coefficient (Wildman–Crippen LogP) is 3.46. The SMILES string of the molecule is Cn1ncc(NC(=O)c2csc(-c3c(F)cc4c(c3F)OCC[C@@H]4O)n2)c1[C@@H]1CC[C@@H](N)CCO1. The number of aromatic nitrogens is 3. The van der Waals surface area contributed by atoms with Gasteiger partial charge in [0.2, 0.25) is 0 Å². The third-order valence-electron chi connectivity index (χ3n) is 6.29. The number of ether oxygens (including phenoxy) is 2. The van der Waals surface area contributed by atoms with Crippen LogP contribution in [0.5, 0.6) is 5.75 Å². The molecule has 0 saturated carbocycles. The number of hydrogen-bond donors (Lipinski definition) is 3. The average Bonchev–Trinajstić information content (AvgIpc) is 3.38. The molecule has 186 valence electrons. The molecule has 0 unspecified atom stereocenters. The molecule has 0 bridgehead atoms. The van der Waals surface area contributed by atoms with Crippen LogP contribution < -0.4 is 15.8 Å². The minimum absolute atomic E-state index is 0.00100. The Morgan fingerprint density at radius 3 is 2.94 bits per heavy atom. The Hall–Kier alpha value is -2.93. The number of nitrogens with one attached hydrogen (secondary N) is 1. The van der Waals surface area contributed by atoms with Crippen molar-refractivity contribution in [1.29, 1.82) is 0 Å². The van der Waals surface area contributed by atoms with Gasteiger partial charge in [-0.3, -0.25) is 9.48 Å². The van der Waals surface area contributed by atoms with Crippen molar-refractivity contribution in [2.45, 2.75) is 43.9 Å². The van der Waals surface area contributed by atoms with Crippen molar-refractivity contribution in [3.63, 3.8) is 0 Å². The quantitative estimate of drug-likeness (QED) is 0.496. The van der Waals surface area contributed by atoms with Gasteiger partial charge in [-0.05, 0) is 25.3 Å². The van der Waals surface area contributed by atoms with Crippen LogP contribution in [0.4, 0.5) is 14.5 Å². The van der Waals surface area contributed by atoms with Gasteiger partial charge in [0.15, 0.2) is 11.6 Å². The molecule has 9 nitrogen and oxygen atoms in total. The summed E-state index contributed by atoms with van der Waals surface area (Å²) in [5.41, 5.74) is 6.90. The number of hydrogen-bond acceptors (Lipinski definition) is 8. The Balaban J connectivity index is 1.39. The van der Waals surface area contributed by atoms with Gasteiger partial charge in [0.25, 0.3) is 5.91 Å². The molecule has 1 fully saturated rings. The lowest BCUT2D eigenvalue weighted by Crippen LogP contribution is -2.19. The normalized spacial score (nSPS) is 22.3. The standard InChI is InChI=1S/C23H25F2N5O4S/c1-30-20(17-3-2-11(26)4-6-33-17)14(9-27-30)28-22(32)15-10-35-23(29-15)18-13(24)8-12-16(31)5-7-34-21(12)19(18)25/h8-11,16-17,31H,2-7,26H2,1H3,(H,28,32)/t11-,16+,17+/m1/s1.